The number of likely N-dealkylation sites (tertiary alicyclic amines) is 1. The maximum atomic E-state index is 12.1. The maximum absolute atomic E-state index is 12.1. The molecule has 0 N–H and O–H groups in total. The van der Waals surface area contributed by atoms with Crippen molar-refractivity contribution < 1.29 is 13.9 Å². The summed E-state index contributed by atoms with van der Waals surface area (Å²) >= 11 is 1.59. The molecule has 1 aliphatic heterocycles. The van der Waals surface area contributed by atoms with Crippen LogP contribution in [0.1, 0.15) is 24.3 Å². The Balaban J connectivity index is 1.60. The van der Waals surface area contributed by atoms with E-state index in [1.807, 2.05) is 36.1 Å². The molecule has 0 unspecified atom stereocenters. The number of hydrogen-bond acceptors (Lipinski definition) is 5. The molecular weight excluding hydrogens is 324 g/mol. The van der Waals surface area contributed by atoms with Crippen molar-refractivity contribution in [2.45, 2.75) is 25.5 Å². The van der Waals surface area contributed by atoms with Gasteiger partial charge in [0.25, 0.3) is 0 Å². The highest BCUT2D eigenvalue weighted by atomic mass is 32.2. The van der Waals surface area contributed by atoms with Crippen LogP contribution in [0.15, 0.2) is 28.7 Å². The number of aromatic nitrogens is 1. The van der Waals surface area contributed by atoms with E-state index in [2.05, 4.69) is 4.98 Å². The van der Waals surface area contributed by atoms with E-state index in [1.54, 1.807) is 18.9 Å². The van der Waals surface area contributed by atoms with Gasteiger partial charge in [0.05, 0.1) is 18.6 Å². The van der Waals surface area contributed by atoms with Crippen molar-refractivity contribution in [2.24, 2.45) is 0 Å². The topological polar surface area (TPSA) is 55.6 Å². The number of thioether (sulfide) groups is 1. The highest BCUT2D eigenvalue weighted by molar-refractivity contribution is 7.99. The average molecular weight is 346 g/mol. The van der Waals surface area contributed by atoms with Gasteiger partial charge in [-0.05, 0) is 38.0 Å². The van der Waals surface area contributed by atoms with Gasteiger partial charge in [-0.3, -0.25) is 4.79 Å². The van der Waals surface area contributed by atoms with Crippen LogP contribution in [-0.4, -0.2) is 41.7 Å². The molecule has 1 aromatic carbocycles. The van der Waals surface area contributed by atoms with Gasteiger partial charge in [0.15, 0.2) is 0 Å². The van der Waals surface area contributed by atoms with Gasteiger partial charge in [0, 0.05) is 24.4 Å². The van der Waals surface area contributed by atoms with E-state index in [0.29, 0.717) is 17.4 Å². The second kappa shape index (κ2) is 7.75. The molecule has 6 heteroatoms. The van der Waals surface area contributed by atoms with Crippen LogP contribution in [0, 0.1) is 6.92 Å². The standard InChI is InChI=1S/C18H22N2O3S/c1-13-16(11-24-12-17(21)20-8-3-4-9-20)19-18(23-13)14-6-5-7-15(10-14)22-2/h5-7,10H,3-4,8-9,11-12H2,1-2H3. The lowest BCUT2D eigenvalue weighted by molar-refractivity contribution is -0.127. The number of ether oxygens (including phenoxy) is 1. The molecule has 1 saturated heterocycles. The van der Waals surface area contributed by atoms with Gasteiger partial charge in [0.1, 0.15) is 11.5 Å². The molecule has 1 aliphatic rings. The molecule has 0 bridgehead atoms. The van der Waals surface area contributed by atoms with Crippen LogP contribution in [0.5, 0.6) is 5.75 Å². The first-order valence-corrected chi connectivity index (χ1v) is 9.29. The fourth-order valence-corrected chi connectivity index (χ4v) is 3.65. The summed E-state index contributed by atoms with van der Waals surface area (Å²) in [7, 11) is 1.64. The molecule has 2 aromatic rings. The van der Waals surface area contributed by atoms with E-state index in [9.17, 15) is 4.79 Å². The number of aryl methyl sites for hydroxylation is 1. The van der Waals surface area contributed by atoms with Crippen LogP contribution in [0.4, 0.5) is 0 Å². The third-order valence-corrected chi connectivity index (χ3v) is 5.06. The number of hydrogen-bond donors (Lipinski definition) is 0. The van der Waals surface area contributed by atoms with Crippen LogP contribution in [0.25, 0.3) is 11.5 Å². The number of oxazole rings is 1. The minimum atomic E-state index is 0.228. The van der Waals surface area contributed by atoms with Crippen LogP contribution in [0.3, 0.4) is 0 Å². The Morgan fingerprint density at radius 2 is 2.17 bits per heavy atom. The van der Waals surface area contributed by atoms with Crippen molar-refractivity contribution in [1.82, 2.24) is 9.88 Å². The number of carbonyl (C=O) groups is 1. The smallest absolute Gasteiger partial charge is 0.232 e. The molecule has 3 rings (SSSR count). The molecule has 0 atom stereocenters. The fourth-order valence-electron chi connectivity index (χ4n) is 2.73. The highest BCUT2D eigenvalue weighted by Crippen LogP contribution is 2.27. The van der Waals surface area contributed by atoms with Gasteiger partial charge in [0.2, 0.25) is 11.8 Å². The summed E-state index contributed by atoms with van der Waals surface area (Å²) in [4.78, 5) is 18.6. The van der Waals surface area contributed by atoms with Gasteiger partial charge in [-0.25, -0.2) is 4.98 Å². The summed E-state index contributed by atoms with van der Waals surface area (Å²) in [5.74, 6) is 3.57. The van der Waals surface area contributed by atoms with E-state index in [0.717, 1.165) is 48.7 Å². The zero-order valence-electron chi connectivity index (χ0n) is 14.1. The first-order valence-electron chi connectivity index (χ1n) is 8.13. The summed E-state index contributed by atoms with van der Waals surface area (Å²) < 4.78 is 11.0. The molecule has 2 heterocycles. The van der Waals surface area contributed by atoms with Crippen LogP contribution in [-0.2, 0) is 10.5 Å². The van der Waals surface area contributed by atoms with Crippen LogP contribution >= 0.6 is 11.8 Å². The zero-order valence-corrected chi connectivity index (χ0v) is 14.9. The van der Waals surface area contributed by atoms with Crippen molar-refractivity contribution in [3.8, 4) is 17.2 Å². The SMILES string of the molecule is COc1cccc(-c2nc(CSCC(=O)N3CCCC3)c(C)o2)c1. The molecule has 0 radical (unpaired) electrons. The quantitative estimate of drug-likeness (QED) is 0.801. The molecule has 1 fully saturated rings. The summed E-state index contributed by atoms with van der Waals surface area (Å²) in [6.07, 6.45) is 2.26. The summed E-state index contributed by atoms with van der Waals surface area (Å²) in [6.45, 7) is 3.72. The largest absolute Gasteiger partial charge is 0.497 e. The molecule has 0 aliphatic carbocycles. The number of amides is 1. The molecule has 1 amide bonds. The third kappa shape index (κ3) is 3.93. The Labute approximate surface area is 146 Å². The summed E-state index contributed by atoms with van der Waals surface area (Å²) in [6, 6.07) is 7.65. The lowest BCUT2D eigenvalue weighted by Crippen LogP contribution is -2.29. The van der Waals surface area contributed by atoms with Crippen molar-refractivity contribution in [2.75, 3.05) is 26.0 Å². The normalized spacial score (nSPS) is 14.2. The average Bonchev–Trinajstić information content (AvgIpc) is 3.25. The van der Waals surface area contributed by atoms with E-state index < -0.39 is 0 Å². The van der Waals surface area contributed by atoms with E-state index in [1.165, 1.54) is 0 Å². The number of methoxy groups -OCH3 is 1. The van der Waals surface area contributed by atoms with Crippen molar-refractivity contribution in [3.63, 3.8) is 0 Å². The Hall–Kier alpha value is -1.95. The molecule has 0 saturated carbocycles. The van der Waals surface area contributed by atoms with E-state index in [4.69, 9.17) is 9.15 Å². The number of rotatable bonds is 6. The lowest BCUT2D eigenvalue weighted by atomic mass is 10.2. The Morgan fingerprint density at radius 1 is 1.38 bits per heavy atom. The first-order chi connectivity index (χ1) is 11.7. The monoisotopic (exact) mass is 346 g/mol. The Morgan fingerprint density at radius 3 is 2.92 bits per heavy atom. The summed E-state index contributed by atoms with van der Waals surface area (Å²) in [5, 5.41) is 0. The maximum Gasteiger partial charge on any atom is 0.232 e. The number of carbonyl (C=O) groups excluding carboxylic acids is 1. The predicted molar refractivity (Wildman–Crippen MR) is 95.2 cm³/mol. The third-order valence-electron chi connectivity index (χ3n) is 4.13. The van der Waals surface area contributed by atoms with Gasteiger partial charge < -0.3 is 14.1 Å². The fraction of sp³-hybridized carbons (Fsp3) is 0.444. The highest BCUT2D eigenvalue weighted by Gasteiger charge is 2.18. The second-order valence-corrected chi connectivity index (χ2v) is 6.82. The Bertz CT molecular complexity index is 708. The molecular formula is C18H22N2O3S. The van der Waals surface area contributed by atoms with Crippen molar-refractivity contribution in [1.29, 1.82) is 0 Å². The van der Waals surface area contributed by atoms with Gasteiger partial charge in [-0.1, -0.05) is 6.07 Å². The second-order valence-electron chi connectivity index (χ2n) is 5.83. The lowest BCUT2D eigenvalue weighted by Gasteiger charge is -2.14. The minimum Gasteiger partial charge on any atom is -0.497 e. The molecule has 24 heavy (non-hydrogen) atoms. The van der Waals surface area contributed by atoms with Gasteiger partial charge in [-0.2, -0.15) is 0 Å². The van der Waals surface area contributed by atoms with Gasteiger partial charge >= 0.3 is 0 Å². The van der Waals surface area contributed by atoms with Crippen molar-refractivity contribution in [3.05, 3.63) is 35.7 Å². The molecule has 128 valence electrons. The van der Waals surface area contributed by atoms with Gasteiger partial charge in [-0.15, -0.1) is 11.8 Å². The van der Waals surface area contributed by atoms with E-state index >= 15 is 0 Å². The molecule has 0 spiro atoms. The van der Waals surface area contributed by atoms with Crippen LogP contribution in [0.2, 0.25) is 0 Å². The number of benzene rings is 1. The molecule has 5 nitrogen and oxygen atoms in total. The Kier molecular flexibility index (Phi) is 5.45. The van der Waals surface area contributed by atoms with Crippen LogP contribution < -0.4 is 4.74 Å². The number of nitrogens with zero attached hydrogens (tertiary/aromatic N) is 2. The minimum absolute atomic E-state index is 0.228. The first kappa shape index (κ1) is 16.9. The predicted octanol–water partition coefficient (Wildman–Crippen LogP) is 3.51. The molecule has 1 aromatic heterocycles. The van der Waals surface area contributed by atoms with E-state index in [-0.39, 0.29) is 5.91 Å². The summed E-state index contributed by atoms with van der Waals surface area (Å²) in [5.41, 5.74) is 1.79. The zero-order chi connectivity index (χ0) is 16.9. The van der Waals surface area contributed by atoms with Crippen molar-refractivity contribution >= 4 is 17.7 Å².